The van der Waals surface area contributed by atoms with Crippen molar-refractivity contribution < 1.29 is 37.1 Å². The molecule has 2 fully saturated rings. The molecule has 3 aliphatic rings. The Hall–Kier alpha value is -5.52. The van der Waals surface area contributed by atoms with Crippen LogP contribution in [0, 0.1) is 17.2 Å². The SMILES string of the molecule is CC(C)(C(=O)Nc1ccc(C#N)c(C(F)(F)F)c1)n1cc(CCC2CN(c3ccc4c(c3)C(=O)N(C3CCC(=O)NC3=O)C4=O)C2)cn1. The van der Waals surface area contributed by atoms with Gasteiger partial charge in [-0.3, -0.25) is 38.9 Å². The number of fused-ring (bicyclic) bond motifs is 1. The average molecular weight is 662 g/mol. The molecule has 2 N–H and O–H groups in total. The van der Waals surface area contributed by atoms with Crippen LogP contribution in [0.25, 0.3) is 0 Å². The quantitative estimate of drug-likeness (QED) is 0.347. The second-order valence-corrected chi connectivity index (χ2v) is 12.7. The van der Waals surface area contributed by atoms with E-state index < -0.39 is 58.4 Å². The van der Waals surface area contributed by atoms with Gasteiger partial charge in [-0.2, -0.15) is 23.5 Å². The number of rotatable bonds is 8. The standard InChI is InChI=1S/C33H30F3N7O5/c1-32(2,31(48)39-21-6-5-20(13-37)25(11-21)33(34,35)36)42-17-18(14-38-42)3-4-19-15-41(16-19)22-7-8-23-24(12-22)30(47)43(29(23)46)26-9-10-27(44)40-28(26)45/h5-8,11-12,14,17,19,26H,3-4,9-10,15-16H2,1-2H3,(H,39,48)(H,40,44,45). The fourth-order valence-electron chi connectivity index (χ4n) is 6.13. The summed E-state index contributed by atoms with van der Waals surface area (Å²) in [6.07, 6.45) is 0.236. The number of hydrogen-bond acceptors (Lipinski definition) is 8. The fraction of sp³-hybridized carbons (Fsp3) is 0.364. The highest BCUT2D eigenvalue weighted by Crippen LogP contribution is 2.35. The maximum absolute atomic E-state index is 13.4. The number of hydrogen-bond donors (Lipinski definition) is 2. The topological polar surface area (TPSA) is 158 Å². The van der Waals surface area contributed by atoms with E-state index in [1.807, 2.05) is 0 Å². The van der Waals surface area contributed by atoms with E-state index in [9.17, 15) is 37.1 Å². The smallest absolute Gasteiger partial charge is 0.371 e. The molecule has 12 nitrogen and oxygen atoms in total. The number of nitrogens with one attached hydrogen (secondary N) is 2. The summed E-state index contributed by atoms with van der Waals surface area (Å²) in [5.74, 6) is -2.45. The van der Waals surface area contributed by atoms with Gasteiger partial charge in [-0.05, 0) is 81.0 Å². The molecule has 0 bridgehead atoms. The average Bonchev–Trinajstić information content (AvgIpc) is 3.59. The van der Waals surface area contributed by atoms with Crippen molar-refractivity contribution in [2.45, 2.75) is 57.3 Å². The number of imide groups is 2. The first kappa shape index (κ1) is 32.4. The minimum atomic E-state index is -4.75. The van der Waals surface area contributed by atoms with Crippen LogP contribution in [-0.4, -0.2) is 63.3 Å². The zero-order valence-corrected chi connectivity index (χ0v) is 25.9. The number of piperidine rings is 1. The molecule has 5 amide bonds. The van der Waals surface area contributed by atoms with Crippen molar-refractivity contribution in [1.82, 2.24) is 20.0 Å². The van der Waals surface area contributed by atoms with Gasteiger partial charge in [0.05, 0.1) is 34.5 Å². The van der Waals surface area contributed by atoms with Gasteiger partial charge in [0, 0.05) is 37.1 Å². The summed E-state index contributed by atoms with van der Waals surface area (Å²) in [5.41, 5.74) is -0.892. The van der Waals surface area contributed by atoms with Gasteiger partial charge in [0.25, 0.3) is 17.7 Å². The van der Waals surface area contributed by atoms with Crippen LogP contribution in [0.2, 0.25) is 0 Å². The molecule has 4 heterocycles. The van der Waals surface area contributed by atoms with E-state index in [-0.39, 0.29) is 29.7 Å². The number of alkyl halides is 3. The number of aryl methyl sites for hydroxylation is 1. The fourth-order valence-corrected chi connectivity index (χ4v) is 6.13. The van der Waals surface area contributed by atoms with Gasteiger partial charge >= 0.3 is 6.18 Å². The van der Waals surface area contributed by atoms with Crippen molar-refractivity contribution in [3.63, 3.8) is 0 Å². The Balaban J connectivity index is 1.03. The molecule has 2 saturated heterocycles. The third-order valence-electron chi connectivity index (χ3n) is 9.05. The number of halogens is 3. The molecule has 15 heteroatoms. The summed E-state index contributed by atoms with van der Waals surface area (Å²) in [6, 6.07) is 8.51. The van der Waals surface area contributed by atoms with Gasteiger partial charge in [0.1, 0.15) is 11.6 Å². The van der Waals surface area contributed by atoms with Crippen molar-refractivity contribution in [3.05, 3.63) is 76.6 Å². The molecule has 3 aromatic rings. The van der Waals surface area contributed by atoms with Gasteiger partial charge < -0.3 is 10.2 Å². The molecule has 48 heavy (non-hydrogen) atoms. The summed E-state index contributed by atoms with van der Waals surface area (Å²) in [6.45, 7) is 4.61. The Morgan fingerprint density at radius 1 is 1.06 bits per heavy atom. The second-order valence-electron chi connectivity index (χ2n) is 12.7. The predicted octanol–water partition coefficient (Wildman–Crippen LogP) is 3.62. The first-order valence-electron chi connectivity index (χ1n) is 15.2. The lowest BCUT2D eigenvalue weighted by atomic mass is 9.92. The van der Waals surface area contributed by atoms with Gasteiger partial charge in [-0.1, -0.05) is 0 Å². The number of amides is 5. The Kier molecular flexibility index (Phi) is 8.06. The van der Waals surface area contributed by atoms with Crippen LogP contribution < -0.4 is 15.5 Å². The van der Waals surface area contributed by atoms with Crippen molar-refractivity contribution in [1.29, 1.82) is 5.26 Å². The Bertz CT molecular complexity index is 1910. The number of anilines is 2. The largest absolute Gasteiger partial charge is 0.417 e. The predicted molar refractivity (Wildman–Crippen MR) is 163 cm³/mol. The molecule has 2 aromatic carbocycles. The van der Waals surface area contributed by atoms with E-state index in [0.29, 0.717) is 25.4 Å². The lowest BCUT2D eigenvalue weighted by molar-refractivity contribution is -0.138. The number of nitrogens with zero attached hydrogens (tertiary/aromatic N) is 5. The number of aromatic nitrogens is 2. The van der Waals surface area contributed by atoms with E-state index >= 15 is 0 Å². The summed E-state index contributed by atoms with van der Waals surface area (Å²) >= 11 is 0. The van der Waals surface area contributed by atoms with E-state index in [1.165, 1.54) is 16.8 Å². The van der Waals surface area contributed by atoms with E-state index in [4.69, 9.17) is 5.26 Å². The van der Waals surface area contributed by atoms with Crippen LogP contribution in [-0.2, 0) is 32.5 Å². The molecular weight excluding hydrogens is 631 g/mol. The monoisotopic (exact) mass is 661 g/mol. The van der Waals surface area contributed by atoms with Gasteiger partial charge in [-0.15, -0.1) is 0 Å². The molecule has 0 aliphatic carbocycles. The van der Waals surface area contributed by atoms with Crippen molar-refractivity contribution in [3.8, 4) is 6.07 Å². The van der Waals surface area contributed by atoms with Crippen molar-refractivity contribution >= 4 is 40.9 Å². The Labute approximate surface area is 272 Å². The number of benzene rings is 2. The minimum absolute atomic E-state index is 0.0487. The summed E-state index contributed by atoms with van der Waals surface area (Å²) in [7, 11) is 0. The van der Waals surface area contributed by atoms with Crippen molar-refractivity contribution in [2.75, 3.05) is 23.3 Å². The van der Waals surface area contributed by atoms with Crippen LogP contribution in [0.4, 0.5) is 24.5 Å². The van der Waals surface area contributed by atoms with Crippen molar-refractivity contribution in [2.24, 2.45) is 5.92 Å². The van der Waals surface area contributed by atoms with Crippen LogP contribution >= 0.6 is 0 Å². The van der Waals surface area contributed by atoms with E-state index in [2.05, 4.69) is 20.6 Å². The van der Waals surface area contributed by atoms with Gasteiger partial charge in [0.2, 0.25) is 11.8 Å². The molecule has 6 rings (SSSR count). The van der Waals surface area contributed by atoms with Crippen LogP contribution in [0.5, 0.6) is 0 Å². The molecule has 248 valence electrons. The maximum atomic E-state index is 13.4. The summed E-state index contributed by atoms with van der Waals surface area (Å²) in [4.78, 5) is 66.1. The number of nitriles is 1. The third kappa shape index (κ3) is 5.89. The first-order valence-corrected chi connectivity index (χ1v) is 15.2. The Morgan fingerprint density at radius 2 is 1.79 bits per heavy atom. The van der Waals surface area contributed by atoms with E-state index in [0.717, 1.165) is 34.7 Å². The van der Waals surface area contributed by atoms with Crippen LogP contribution in [0.3, 0.4) is 0 Å². The molecule has 1 unspecified atom stereocenters. The van der Waals surface area contributed by atoms with E-state index in [1.54, 1.807) is 44.4 Å². The van der Waals surface area contributed by atoms with Gasteiger partial charge in [-0.25, -0.2) is 0 Å². The van der Waals surface area contributed by atoms with Crippen LogP contribution in [0.15, 0.2) is 48.8 Å². The minimum Gasteiger partial charge on any atom is -0.371 e. The molecular formula is C33H30F3N7O5. The Morgan fingerprint density at radius 3 is 2.48 bits per heavy atom. The third-order valence-corrected chi connectivity index (χ3v) is 9.05. The molecule has 3 aliphatic heterocycles. The molecule has 0 spiro atoms. The molecule has 1 atom stereocenters. The number of carbonyl (C=O) groups is 5. The highest BCUT2D eigenvalue weighted by Gasteiger charge is 2.45. The molecule has 0 radical (unpaired) electrons. The normalized spacial score (nSPS) is 18.4. The maximum Gasteiger partial charge on any atom is 0.417 e. The first-order chi connectivity index (χ1) is 22.7. The summed E-state index contributed by atoms with van der Waals surface area (Å²) < 4.78 is 41.5. The number of carbonyl (C=O) groups excluding carboxylic acids is 5. The summed E-state index contributed by atoms with van der Waals surface area (Å²) in [5, 5.41) is 18.0. The molecule has 1 aromatic heterocycles. The highest BCUT2D eigenvalue weighted by atomic mass is 19.4. The van der Waals surface area contributed by atoms with Gasteiger partial charge in [0.15, 0.2) is 0 Å². The second kappa shape index (κ2) is 11.9. The zero-order chi connectivity index (χ0) is 34.5. The lowest BCUT2D eigenvalue weighted by Crippen LogP contribution is -2.54. The van der Waals surface area contributed by atoms with Crippen LogP contribution in [0.1, 0.15) is 70.5 Å². The zero-order valence-electron chi connectivity index (χ0n) is 25.9. The lowest BCUT2D eigenvalue weighted by Gasteiger charge is -2.41. The molecule has 0 saturated carbocycles. The highest BCUT2D eigenvalue weighted by molar-refractivity contribution is 6.23.